The van der Waals surface area contributed by atoms with Crippen molar-refractivity contribution in [3.05, 3.63) is 64.3 Å². The zero-order chi connectivity index (χ0) is 23.4. The summed E-state index contributed by atoms with van der Waals surface area (Å²) in [4.78, 5) is 41.9. The normalized spacial score (nSPS) is 14.3. The monoisotopic (exact) mass is 449 g/mol. The van der Waals surface area contributed by atoms with Crippen molar-refractivity contribution < 1.29 is 14.5 Å². The third-order valence-electron chi connectivity index (χ3n) is 5.90. The molecule has 4 rings (SSSR count). The molecule has 172 valence electrons. The van der Waals surface area contributed by atoms with Gasteiger partial charge >= 0.3 is 0 Å². The summed E-state index contributed by atoms with van der Waals surface area (Å²) in [6.45, 7) is 3.96. The maximum atomic E-state index is 13.0. The molecule has 1 fully saturated rings. The lowest BCUT2D eigenvalue weighted by atomic mass is 10.1. The van der Waals surface area contributed by atoms with Gasteiger partial charge in [-0.2, -0.15) is 0 Å². The van der Waals surface area contributed by atoms with Crippen LogP contribution in [0, 0.1) is 10.1 Å². The number of non-ortho nitro benzene ring substituents is 1. The van der Waals surface area contributed by atoms with Crippen LogP contribution in [0.5, 0.6) is 0 Å². The molecule has 1 aliphatic rings. The molecule has 9 heteroatoms. The third kappa shape index (κ3) is 4.97. The summed E-state index contributed by atoms with van der Waals surface area (Å²) in [7, 11) is 0. The Bertz CT molecular complexity index is 1180. The van der Waals surface area contributed by atoms with Crippen LogP contribution in [-0.4, -0.2) is 40.9 Å². The molecule has 3 aromatic rings. The highest BCUT2D eigenvalue weighted by Crippen LogP contribution is 2.25. The Morgan fingerprint density at radius 2 is 1.97 bits per heavy atom. The summed E-state index contributed by atoms with van der Waals surface area (Å²) < 4.78 is 0. The van der Waals surface area contributed by atoms with Gasteiger partial charge in [0.05, 0.1) is 10.5 Å². The Hall–Kier alpha value is -3.88. The van der Waals surface area contributed by atoms with Crippen LogP contribution in [0.1, 0.15) is 43.0 Å². The van der Waals surface area contributed by atoms with E-state index in [1.807, 2.05) is 31.2 Å². The van der Waals surface area contributed by atoms with Gasteiger partial charge in [0.15, 0.2) is 0 Å². The average molecular weight is 450 g/mol. The number of hydrogen-bond donors (Lipinski definition) is 3. The Kier molecular flexibility index (Phi) is 6.58. The van der Waals surface area contributed by atoms with Crippen molar-refractivity contribution in [2.75, 3.05) is 23.3 Å². The molecule has 0 aliphatic carbocycles. The van der Waals surface area contributed by atoms with Crippen LogP contribution in [0.25, 0.3) is 10.9 Å². The smallest absolute Gasteiger partial charge is 0.270 e. The molecule has 0 bridgehead atoms. The number of nitro groups is 1. The van der Waals surface area contributed by atoms with Gasteiger partial charge in [-0.3, -0.25) is 19.7 Å². The van der Waals surface area contributed by atoms with Crippen LogP contribution in [0.2, 0.25) is 0 Å². The lowest BCUT2D eigenvalue weighted by Gasteiger charge is -2.20. The van der Waals surface area contributed by atoms with Crippen molar-refractivity contribution in [1.29, 1.82) is 0 Å². The summed E-state index contributed by atoms with van der Waals surface area (Å²) in [6.07, 6.45) is 5.00. The first kappa shape index (κ1) is 22.3. The molecule has 3 N–H and O–H groups in total. The van der Waals surface area contributed by atoms with E-state index in [0.717, 1.165) is 31.6 Å². The van der Waals surface area contributed by atoms with Crippen molar-refractivity contribution >= 4 is 39.8 Å². The van der Waals surface area contributed by atoms with E-state index < -0.39 is 16.9 Å². The predicted octanol–water partition coefficient (Wildman–Crippen LogP) is 4.21. The number of H-pyrrole nitrogens is 1. The number of benzene rings is 2. The van der Waals surface area contributed by atoms with E-state index in [4.69, 9.17) is 0 Å². The molecule has 33 heavy (non-hydrogen) atoms. The first-order valence-electron chi connectivity index (χ1n) is 11.2. The Labute approximate surface area is 191 Å². The van der Waals surface area contributed by atoms with Gasteiger partial charge in [0, 0.05) is 53.7 Å². The van der Waals surface area contributed by atoms with Crippen molar-refractivity contribution in [3.63, 3.8) is 0 Å². The molecule has 0 spiro atoms. The van der Waals surface area contributed by atoms with Crippen molar-refractivity contribution in [3.8, 4) is 0 Å². The quantitative estimate of drug-likeness (QED) is 0.351. The summed E-state index contributed by atoms with van der Waals surface area (Å²) >= 11 is 0. The second kappa shape index (κ2) is 9.72. The van der Waals surface area contributed by atoms with Crippen LogP contribution in [0.4, 0.5) is 17.1 Å². The van der Waals surface area contributed by atoms with E-state index >= 15 is 0 Å². The summed E-state index contributed by atoms with van der Waals surface area (Å²) in [5.41, 5.74) is 2.53. The molecule has 0 radical (unpaired) electrons. The molecule has 1 atom stereocenters. The van der Waals surface area contributed by atoms with E-state index in [1.165, 1.54) is 18.3 Å². The number of nitrogens with one attached hydrogen (secondary N) is 3. The van der Waals surface area contributed by atoms with E-state index in [2.05, 4.69) is 20.5 Å². The Balaban J connectivity index is 1.49. The number of amides is 2. The molecule has 2 aromatic carbocycles. The average Bonchev–Trinajstić information content (AvgIpc) is 3.48. The number of aromatic amines is 1. The van der Waals surface area contributed by atoms with Gasteiger partial charge in [-0.25, -0.2) is 0 Å². The first-order valence-corrected chi connectivity index (χ1v) is 11.2. The van der Waals surface area contributed by atoms with E-state index in [1.54, 1.807) is 6.07 Å². The fourth-order valence-corrected chi connectivity index (χ4v) is 4.19. The van der Waals surface area contributed by atoms with Crippen molar-refractivity contribution in [1.82, 2.24) is 10.3 Å². The summed E-state index contributed by atoms with van der Waals surface area (Å²) in [5, 5.41) is 17.3. The molecule has 1 unspecified atom stereocenters. The molecular weight excluding hydrogens is 422 g/mol. The first-order chi connectivity index (χ1) is 16.0. The zero-order valence-corrected chi connectivity index (χ0v) is 18.5. The zero-order valence-electron chi connectivity index (χ0n) is 18.5. The highest BCUT2D eigenvalue weighted by Gasteiger charge is 2.23. The topological polar surface area (TPSA) is 120 Å². The number of nitro benzene ring substituents is 1. The predicted molar refractivity (Wildman–Crippen MR) is 128 cm³/mol. The molecule has 2 heterocycles. The Morgan fingerprint density at radius 1 is 1.18 bits per heavy atom. The number of rotatable bonds is 8. The number of anilines is 2. The minimum Gasteiger partial charge on any atom is -0.371 e. The molecular formula is C24H27N5O4. The second-order valence-electron chi connectivity index (χ2n) is 8.24. The molecule has 1 saturated heterocycles. The van der Waals surface area contributed by atoms with Crippen LogP contribution in [-0.2, 0) is 4.79 Å². The molecule has 1 aliphatic heterocycles. The van der Waals surface area contributed by atoms with Gasteiger partial charge in [-0.05, 0) is 43.5 Å². The van der Waals surface area contributed by atoms with E-state index in [-0.39, 0.29) is 17.2 Å². The van der Waals surface area contributed by atoms with Crippen LogP contribution < -0.4 is 15.5 Å². The van der Waals surface area contributed by atoms with E-state index in [0.29, 0.717) is 29.4 Å². The maximum absolute atomic E-state index is 13.0. The lowest BCUT2D eigenvalue weighted by molar-refractivity contribution is -0.384. The summed E-state index contributed by atoms with van der Waals surface area (Å²) in [6, 6.07) is 11.3. The minimum absolute atomic E-state index is 0.100. The lowest BCUT2D eigenvalue weighted by Crippen LogP contribution is -2.43. The van der Waals surface area contributed by atoms with Crippen LogP contribution in [0.3, 0.4) is 0 Å². The van der Waals surface area contributed by atoms with Gasteiger partial charge in [0.25, 0.3) is 11.6 Å². The Morgan fingerprint density at radius 3 is 2.70 bits per heavy atom. The summed E-state index contributed by atoms with van der Waals surface area (Å²) in [5.74, 6) is -0.754. The number of hydrogen-bond acceptors (Lipinski definition) is 5. The van der Waals surface area contributed by atoms with Crippen LogP contribution in [0.15, 0.2) is 48.7 Å². The third-order valence-corrected chi connectivity index (χ3v) is 5.90. The minimum atomic E-state index is -0.735. The van der Waals surface area contributed by atoms with Gasteiger partial charge in [0.2, 0.25) is 5.91 Å². The number of fused-ring (bicyclic) bond motifs is 1. The molecule has 9 nitrogen and oxygen atoms in total. The van der Waals surface area contributed by atoms with Gasteiger partial charge in [-0.15, -0.1) is 0 Å². The molecule has 0 saturated carbocycles. The van der Waals surface area contributed by atoms with Gasteiger partial charge in [0.1, 0.15) is 6.04 Å². The standard InChI is InChI=1S/C24H27N5O4/c1-2-6-22(24(31)26-16-7-5-8-17(13-16)28-11-3-4-12-28)27-23(30)20-15-25-21-10-9-18(29(32)33)14-19(20)21/h5,7-10,13-15,22,25H,2-4,6,11-12H2,1H3,(H,26,31)(H,27,30). The highest BCUT2D eigenvalue weighted by molar-refractivity contribution is 6.09. The maximum Gasteiger partial charge on any atom is 0.270 e. The number of aromatic nitrogens is 1. The van der Waals surface area contributed by atoms with Crippen molar-refractivity contribution in [2.24, 2.45) is 0 Å². The fraction of sp³-hybridized carbons (Fsp3) is 0.333. The van der Waals surface area contributed by atoms with Crippen LogP contribution >= 0.6 is 0 Å². The van der Waals surface area contributed by atoms with Gasteiger partial charge < -0.3 is 20.5 Å². The van der Waals surface area contributed by atoms with E-state index in [9.17, 15) is 19.7 Å². The second-order valence-corrected chi connectivity index (χ2v) is 8.24. The van der Waals surface area contributed by atoms with Gasteiger partial charge in [-0.1, -0.05) is 19.4 Å². The molecule has 1 aromatic heterocycles. The number of nitrogens with zero attached hydrogens (tertiary/aromatic N) is 2. The SMILES string of the molecule is CCCC(NC(=O)c1c[nH]c2ccc([N+](=O)[O-])cc12)C(=O)Nc1cccc(N2CCCC2)c1. The highest BCUT2D eigenvalue weighted by atomic mass is 16.6. The number of carbonyl (C=O) groups is 2. The largest absolute Gasteiger partial charge is 0.371 e. The number of carbonyl (C=O) groups excluding carboxylic acids is 2. The molecule has 2 amide bonds. The fourth-order valence-electron chi connectivity index (χ4n) is 4.19. The van der Waals surface area contributed by atoms with Crippen molar-refractivity contribution in [2.45, 2.75) is 38.6 Å².